The summed E-state index contributed by atoms with van der Waals surface area (Å²) in [6.45, 7) is 2.30. The summed E-state index contributed by atoms with van der Waals surface area (Å²) < 4.78 is 2.30. The Morgan fingerprint density at radius 2 is 2.16 bits per heavy atom. The maximum atomic E-state index is 12.4. The van der Waals surface area contributed by atoms with E-state index < -0.39 is 0 Å². The van der Waals surface area contributed by atoms with E-state index in [0.29, 0.717) is 6.54 Å². The average molecular weight is 340 g/mol. The van der Waals surface area contributed by atoms with E-state index in [-0.39, 0.29) is 11.9 Å². The van der Waals surface area contributed by atoms with Crippen LogP contribution in [0.2, 0.25) is 0 Å². The molecule has 2 aliphatic heterocycles. The number of nitrogens with zero attached hydrogens (tertiary/aromatic N) is 5. The molecule has 0 saturated carbocycles. The first-order valence-electron chi connectivity index (χ1n) is 9.17. The van der Waals surface area contributed by atoms with Gasteiger partial charge in [0.15, 0.2) is 0 Å². The molecule has 25 heavy (non-hydrogen) atoms. The van der Waals surface area contributed by atoms with Gasteiger partial charge in [-0.25, -0.2) is 0 Å². The highest BCUT2D eigenvalue weighted by Crippen LogP contribution is 2.32. The Balaban J connectivity index is 1.46. The monoisotopic (exact) mass is 340 g/mol. The van der Waals surface area contributed by atoms with Gasteiger partial charge in [-0.2, -0.15) is 0 Å². The largest absolute Gasteiger partial charge is 0.324 e. The van der Waals surface area contributed by atoms with E-state index in [9.17, 15) is 4.79 Å². The molecular formula is C18H24N6O. The number of aryl methyl sites for hydroxylation is 1. The lowest BCUT2D eigenvalue weighted by molar-refractivity contribution is -0.117. The molecule has 2 aliphatic rings. The summed E-state index contributed by atoms with van der Waals surface area (Å²) in [5.41, 5.74) is 0.736. The number of carbonyl (C=O) groups is 1. The lowest BCUT2D eigenvalue weighted by Crippen LogP contribution is -2.34. The third kappa shape index (κ3) is 3.56. The third-order valence-electron chi connectivity index (χ3n) is 5.09. The summed E-state index contributed by atoms with van der Waals surface area (Å²) in [5.74, 6) is 2.15. The van der Waals surface area contributed by atoms with E-state index in [1.54, 1.807) is 12.4 Å². The fraction of sp³-hybridized carbons (Fsp3) is 0.556. The van der Waals surface area contributed by atoms with E-state index in [1.807, 2.05) is 12.1 Å². The first-order valence-corrected chi connectivity index (χ1v) is 9.17. The fourth-order valence-corrected chi connectivity index (χ4v) is 3.88. The summed E-state index contributed by atoms with van der Waals surface area (Å²) in [4.78, 5) is 18.7. The molecule has 0 unspecified atom stereocenters. The smallest absolute Gasteiger partial charge is 0.238 e. The Morgan fingerprint density at radius 1 is 1.20 bits per heavy atom. The van der Waals surface area contributed by atoms with Gasteiger partial charge < -0.3 is 9.88 Å². The molecule has 0 aliphatic carbocycles. The normalized spacial score (nSPS) is 20.9. The SMILES string of the molecule is O=C(CN1CCC[C@H]1c1nnc2n1CCCCC2)Nc1cccnc1. The molecule has 1 amide bonds. The zero-order valence-corrected chi connectivity index (χ0v) is 14.4. The highest BCUT2D eigenvalue weighted by molar-refractivity contribution is 5.92. The van der Waals surface area contributed by atoms with Gasteiger partial charge in [-0.05, 0) is 44.4 Å². The van der Waals surface area contributed by atoms with Crippen LogP contribution in [0.1, 0.15) is 49.8 Å². The van der Waals surface area contributed by atoms with Crippen molar-refractivity contribution >= 4 is 11.6 Å². The summed E-state index contributed by atoms with van der Waals surface area (Å²) in [7, 11) is 0. The van der Waals surface area contributed by atoms with E-state index in [1.165, 1.54) is 19.3 Å². The van der Waals surface area contributed by atoms with Crippen molar-refractivity contribution in [1.29, 1.82) is 0 Å². The summed E-state index contributed by atoms with van der Waals surface area (Å²) >= 11 is 0. The van der Waals surface area contributed by atoms with Crippen LogP contribution in [0, 0.1) is 0 Å². The van der Waals surface area contributed by atoms with Gasteiger partial charge in [0, 0.05) is 19.2 Å². The molecule has 7 heteroatoms. The number of hydrogen-bond acceptors (Lipinski definition) is 5. The number of nitrogens with one attached hydrogen (secondary N) is 1. The van der Waals surface area contributed by atoms with Crippen molar-refractivity contribution in [3.8, 4) is 0 Å². The van der Waals surface area contributed by atoms with Crippen LogP contribution >= 0.6 is 0 Å². The highest BCUT2D eigenvalue weighted by Gasteiger charge is 2.32. The Bertz CT molecular complexity index is 728. The van der Waals surface area contributed by atoms with Crippen LogP contribution in [0.3, 0.4) is 0 Å². The number of hydrogen-bond donors (Lipinski definition) is 1. The second-order valence-electron chi connectivity index (χ2n) is 6.86. The number of fused-ring (bicyclic) bond motifs is 1. The number of rotatable bonds is 4. The van der Waals surface area contributed by atoms with E-state index in [0.717, 1.165) is 49.7 Å². The molecule has 1 N–H and O–H groups in total. The lowest BCUT2D eigenvalue weighted by Gasteiger charge is -2.23. The van der Waals surface area contributed by atoms with Gasteiger partial charge in [0.25, 0.3) is 0 Å². The number of aromatic nitrogens is 4. The summed E-state index contributed by atoms with van der Waals surface area (Å²) in [5, 5.41) is 11.8. The van der Waals surface area contributed by atoms with Crippen molar-refractivity contribution < 1.29 is 4.79 Å². The first kappa shape index (κ1) is 16.2. The van der Waals surface area contributed by atoms with Crippen LogP contribution in [-0.4, -0.2) is 43.6 Å². The second kappa shape index (κ2) is 7.31. The second-order valence-corrected chi connectivity index (χ2v) is 6.86. The molecule has 132 valence electrons. The lowest BCUT2D eigenvalue weighted by atomic mass is 10.2. The van der Waals surface area contributed by atoms with Crippen molar-refractivity contribution in [2.75, 3.05) is 18.4 Å². The molecule has 7 nitrogen and oxygen atoms in total. The maximum Gasteiger partial charge on any atom is 0.238 e. The van der Waals surface area contributed by atoms with Crippen LogP contribution in [0.5, 0.6) is 0 Å². The van der Waals surface area contributed by atoms with Gasteiger partial charge in [0.2, 0.25) is 5.91 Å². The van der Waals surface area contributed by atoms with E-state index in [4.69, 9.17) is 0 Å². The highest BCUT2D eigenvalue weighted by atomic mass is 16.2. The average Bonchev–Trinajstić information content (AvgIpc) is 3.15. The molecule has 4 heterocycles. The van der Waals surface area contributed by atoms with Gasteiger partial charge in [-0.1, -0.05) is 6.42 Å². The molecule has 0 aromatic carbocycles. The predicted octanol–water partition coefficient (Wildman–Crippen LogP) is 2.18. The number of carbonyl (C=O) groups excluding carboxylic acids is 1. The number of anilines is 1. The van der Waals surface area contributed by atoms with Crippen molar-refractivity contribution in [2.24, 2.45) is 0 Å². The molecule has 1 atom stereocenters. The number of likely N-dealkylation sites (tertiary alicyclic amines) is 1. The van der Waals surface area contributed by atoms with Crippen LogP contribution in [0.25, 0.3) is 0 Å². The van der Waals surface area contributed by atoms with Crippen molar-refractivity contribution in [2.45, 2.75) is 51.1 Å². The zero-order chi connectivity index (χ0) is 17.1. The molecule has 0 radical (unpaired) electrons. The van der Waals surface area contributed by atoms with E-state index in [2.05, 4.69) is 30.0 Å². The molecule has 1 fully saturated rings. The Kier molecular flexibility index (Phi) is 4.74. The zero-order valence-electron chi connectivity index (χ0n) is 14.4. The van der Waals surface area contributed by atoms with E-state index >= 15 is 0 Å². The van der Waals surface area contributed by atoms with Crippen molar-refractivity contribution in [3.63, 3.8) is 0 Å². The van der Waals surface area contributed by atoms with Gasteiger partial charge >= 0.3 is 0 Å². The Morgan fingerprint density at radius 3 is 3.04 bits per heavy atom. The summed E-state index contributed by atoms with van der Waals surface area (Å²) in [6.07, 6.45) is 10.1. The minimum atomic E-state index is -0.00416. The molecule has 2 aromatic rings. The van der Waals surface area contributed by atoms with Crippen LogP contribution < -0.4 is 5.32 Å². The molecule has 2 aromatic heterocycles. The molecular weight excluding hydrogens is 316 g/mol. The van der Waals surface area contributed by atoms with Gasteiger partial charge in [0.05, 0.1) is 24.5 Å². The topological polar surface area (TPSA) is 75.9 Å². The minimum Gasteiger partial charge on any atom is -0.324 e. The molecule has 0 spiro atoms. The van der Waals surface area contributed by atoms with Gasteiger partial charge in [0.1, 0.15) is 11.6 Å². The van der Waals surface area contributed by atoms with Gasteiger partial charge in [-0.3, -0.25) is 14.7 Å². The number of pyridine rings is 1. The number of amides is 1. The standard InChI is InChI=1S/C18H24N6O/c25-17(20-14-6-4-9-19-12-14)13-23-10-5-7-15(23)18-22-21-16-8-2-1-3-11-24(16)18/h4,6,9,12,15H,1-3,5,7-8,10-11,13H2,(H,20,25)/t15-/m0/s1. The van der Waals surface area contributed by atoms with Crippen LogP contribution in [-0.2, 0) is 17.8 Å². The Hall–Kier alpha value is -2.28. The van der Waals surface area contributed by atoms with Crippen LogP contribution in [0.15, 0.2) is 24.5 Å². The fourth-order valence-electron chi connectivity index (χ4n) is 3.88. The molecule has 4 rings (SSSR count). The predicted molar refractivity (Wildman–Crippen MR) is 94.0 cm³/mol. The molecule has 0 bridgehead atoms. The van der Waals surface area contributed by atoms with Crippen molar-refractivity contribution in [1.82, 2.24) is 24.6 Å². The van der Waals surface area contributed by atoms with Gasteiger partial charge in [-0.15, -0.1) is 10.2 Å². The molecule has 1 saturated heterocycles. The minimum absolute atomic E-state index is 0.00416. The van der Waals surface area contributed by atoms with Crippen LogP contribution in [0.4, 0.5) is 5.69 Å². The third-order valence-corrected chi connectivity index (χ3v) is 5.09. The maximum absolute atomic E-state index is 12.4. The summed E-state index contributed by atoms with van der Waals surface area (Å²) in [6, 6.07) is 3.86. The van der Waals surface area contributed by atoms with Crippen molar-refractivity contribution in [3.05, 3.63) is 36.2 Å². The Labute approximate surface area is 147 Å². The quantitative estimate of drug-likeness (QED) is 0.923. The first-order chi connectivity index (χ1) is 12.3.